The number of amides is 1. The van der Waals surface area contributed by atoms with Crippen molar-refractivity contribution in [1.29, 1.82) is 0 Å². The predicted octanol–water partition coefficient (Wildman–Crippen LogP) is 3.84. The molecule has 4 rings (SSSR count). The Bertz CT molecular complexity index is 1010. The first-order valence-electron chi connectivity index (χ1n) is 9.80. The molecule has 2 N–H and O–H groups in total. The van der Waals surface area contributed by atoms with E-state index in [2.05, 4.69) is 10.3 Å². The lowest BCUT2D eigenvalue weighted by Crippen LogP contribution is -2.42. The fraction of sp³-hybridized carbons (Fsp3) is 0.261. The van der Waals surface area contributed by atoms with Crippen molar-refractivity contribution in [3.63, 3.8) is 0 Å². The third-order valence-corrected chi connectivity index (χ3v) is 5.17. The Morgan fingerprint density at radius 3 is 2.72 bits per heavy atom. The Labute approximate surface area is 170 Å². The van der Waals surface area contributed by atoms with Crippen molar-refractivity contribution in [1.82, 2.24) is 15.4 Å². The van der Waals surface area contributed by atoms with E-state index in [0.29, 0.717) is 12.1 Å². The Hall–Kier alpha value is -3.09. The first-order valence-corrected chi connectivity index (χ1v) is 9.80. The van der Waals surface area contributed by atoms with Crippen LogP contribution >= 0.6 is 0 Å². The summed E-state index contributed by atoms with van der Waals surface area (Å²) < 4.78 is 5.25. The highest BCUT2D eigenvalue weighted by Gasteiger charge is 2.29. The van der Waals surface area contributed by atoms with Gasteiger partial charge < -0.3 is 15.0 Å². The number of rotatable bonds is 6. The summed E-state index contributed by atoms with van der Waals surface area (Å²) in [5.41, 5.74) is 2.62. The summed E-state index contributed by atoms with van der Waals surface area (Å²) in [5, 5.41) is 5.79. The van der Waals surface area contributed by atoms with Gasteiger partial charge in [-0.1, -0.05) is 42.5 Å². The van der Waals surface area contributed by atoms with Gasteiger partial charge in [-0.15, -0.1) is 0 Å². The molecule has 6 heteroatoms. The topological polar surface area (TPSA) is 66.6 Å². The Morgan fingerprint density at radius 2 is 1.97 bits per heavy atom. The lowest BCUT2D eigenvalue weighted by atomic mass is 9.98. The Kier molecular flexibility index (Phi) is 5.64. The van der Waals surface area contributed by atoms with Crippen LogP contribution in [0.4, 0.5) is 0 Å². The van der Waals surface area contributed by atoms with Crippen LogP contribution in [-0.4, -0.2) is 42.3 Å². The number of carbonyl (C=O) groups excluding carboxylic acids is 1. The summed E-state index contributed by atoms with van der Waals surface area (Å²) >= 11 is 0. The number of hydrogen-bond donors (Lipinski definition) is 2. The number of carbonyl (C=O) groups is 1. The number of hydroxylamine groups is 2. The van der Waals surface area contributed by atoms with Crippen LogP contribution < -0.4 is 10.1 Å². The highest BCUT2D eigenvalue weighted by molar-refractivity contribution is 6.06. The molecule has 2 heterocycles. The Morgan fingerprint density at radius 1 is 1.17 bits per heavy atom. The molecule has 3 aromatic rings. The third-order valence-electron chi connectivity index (χ3n) is 5.17. The zero-order valence-corrected chi connectivity index (χ0v) is 16.6. The molecule has 0 fully saturated rings. The van der Waals surface area contributed by atoms with Gasteiger partial charge in [-0.25, -0.2) is 5.06 Å². The van der Waals surface area contributed by atoms with Gasteiger partial charge in [0.2, 0.25) is 0 Å². The molecule has 150 valence electrons. The van der Waals surface area contributed by atoms with E-state index < -0.39 is 0 Å². The SMILES string of the molecule is CCN(OC1C=CCNC1c1ccc(OC)cc1)C(=O)c1c[nH]c2ccccc12. The van der Waals surface area contributed by atoms with E-state index in [-0.39, 0.29) is 18.1 Å². The van der Waals surface area contributed by atoms with Gasteiger partial charge in [-0.2, -0.15) is 0 Å². The van der Waals surface area contributed by atoms with Crippen molar-refractivity contribution in [2.45, 2.75) is 19.1 Å². The minimum atomic E-state index is -0.300. The van der Waals surface area contributed by atoms with Gasteiger partial charge in [0.1, 0.15) is 11.9 Å². The molecule has 1 aliphatic rings. The largest absolute Gasteiger partial charge is 0.497 e. The van der Waals surface area contributed by atoms with Crippen LogP contribution in [0.2, 0.25) is 0 Å². The van der Waals surface area contributed by atoms with Crippen molar-refractivity contribution in [3.05, 3.63) is 78.0 Å². The highest BCUT2D eigenvalue weighted by Crippen LogP contribution is 2.27. The summed E-state index contributed by atoms with van der Waals surface area (Å²) in [6.45, 7) is 3.10. The smallest absolute Gasteiger partial charge is 0.279 e. The number of benzene rings is 2. The van der Waals surface area contributed by atoms with Crippen molar-refractivity contribution in [2.75, 3.05) is 20.2 Å². The van der Waals surface area contributed by atoms with Gasteiger partial charge in [0, 0.05) is 30.2 Å². The molecule has 0 saturated carbocycles. The van der Waals surface area contributed by atoms with E-state index in [1.807, 2.05) is 67.6 Å². The fourth-order valence-electron chi connectivity index (χ4n) is 3.63. The summed E-state index contributed by atoms with van der Waals surface area (Å²) in [7, 11) is 1.65. The molecule has 2 atom stereocenters. The van der Waals surface area contributed by atoms with Crippen LogP contribution in [0, 0.1) is 0 Å². The van der Waals surface area contributed by atoms with E-state index in [1.165, 1.54) is 5.06 Å². The van der Waals surface area contributed by atoms with Crippen LogP contribution in [0.1, 0.15) is 28.9 Å². The average molecular weight is 391 g/mol. The minimum absolute atomic E-state index is 0.0595. The number of nitrogens with one attached hydrogen (secondary N) is 2. The quantitative estimate of drug-likeness (QED) is 0.495. The van der Waals surface area contributed by atoms with Crippen molar-refractivity contribution in [2.24, 2.45) is 0 Å². The molecule has 1 aliphatic heterocycles. The summed E-state index contributed by atoms with van der Waals surface area (Å²) in [6, 6.07) is 15.6. The lowest BCUT2D eigenvalue weighted by molar-refractivity contribution is -0.156. The second-order valence-corrected chi connectivity index (χ2v) is 6.91. The van der Waals surface area contributed by atoms with Crippen LogP contribution in [-0.2, 0) is 4.84 Å². The molecule has 0 aliphatic carbocycles. The molecule has 2 aromatic carbocycles. The number of ether oxygens (including phenoxy) is 1. The molecule has 29 heavy (non-hydrogen) atoms. The van der Waals surface area contributed by atoms with E-state index in [1.54, 1.807) is 13.3 Å². The molecule has 0 spiro atoms. The molecule has 0 bridgehead atoms. The van der Waals surface area contributed by atoms with Gasteiger partial charge in [-0.05, 0) is 30.7 Å². The maximum atomic E-state index is 13.2. The number of methoxy groups -OCH3 is 1. The summed E-state index contributed by atoms with van der Waals surface area (Å²) in [4.78, 5) is 22.5. The van der Waals surface area contributed by atoms with E-state index in [4.69, 9.17) is 9.57 Å². The highest BCUT2D eigenvalue weighted by atomic mass is 16.7. The van der Waals surface area contributed by atoms with Gasteiger partial charge in [0.25, 0.3) is 5.91 Å². The second-order valence-electron chi connectivity index (χ2n) is 6.91. The molecule has 1 aromatic heterocycles. The normalized spacial score (nSPS) is 18.7. The van der Waals surface area contributed by atoms with Gasteiger partial charge in [0.05, 0.1) is 18.7 Å². The number of aromatic nitrogens is 1. The monoisotopic (exact) mass is 391 g/mol. The van der Waals surface area contributed by atoms with Gasteiger partial charge in [0.15, 0.2) is 0 Å². The minimum Gasteiger partial charge on any atom is -0.497 e. The zero-order chi connectivity index (χ0) is 20.2. The van der Waals surface area contributed by atoms with Crippen LogP contribution in [0.3, 0.4) is 0 Å². The molecule has 0 saturated heterocycles. The fourth-order valence-corrected chi connectivity index (χ4v) is 3.63. The van der Waals surface area contributed by atoms with Gasteiger partial charge in [-0.3, -0.25) is 9.63 Å². The molecule has 6 nitrogen and oxygen atoms in total. The maximum absolute atomic E-state index is 13.2. The number of aromatic amines is 1. The first-order chi connectivity index (χ1) is 14.2. The third kappa shape index (κ3) is 3.90. The summed E-state index contributed by atoms with van der Waals surface area (Å²) in [5.74, 6) is 0.652. The van der Waals surface area contributed by atoms with Crippen LogP contribution in [0.5, 0.6) is 5.75 Å². The van der Waals surface area contributed by atoms with Crippen molar-refractivity contribution in [3.8, 4) is 5.75 Å². The van der Waals surface area contributed by atoms with Crippen LogP contribution in [0.25, 0.3) is 10.9 Å². The van der Waals surface area contributed by atoms with Gasteiger partial charge >= 0.3 is 0 Å². The Balaban J connectivity index is 1.56. The standard InChI is InChI=1S/C23H25N3O3/c1-3-26(23(27)19-15-25-20-8-5-4-7-18(19)20)29-21-9-6-14-24-22(21)16-10-12-17(28-2)13-11-16/h4-13,15,21-22,24-25H,3,14H2,1-2H3. The number of nitrogens with zero attached hydrogens (tertiary/aromatic N) is 1. The summed E-state index contributed by atoms with van der Waals surface area (Å²) in [6.07, 6.45) is 5.48. The lowest BCUT2D eigenvalue weighted by Gasteiger charge is -2.33. The van der Waals surface area contributed by atoms with Crippen LogP contribution in [0.15, 0.2) is 66.9 Å². The molecule has 2 unspecified atom stereocenters. The van der Waals surface area contributed by atoms with E-state index in [9.17, 15) is 4.79 Å². The zero-order valence-electron chi connectivity index (χ0n) is 16.6. The second kappa shape index (κ2) is 8.51. The van der Waals surface area contributed by atoms with E-state index >= 15 is 0 Å². The molecule has 1 amide bonds. The molecule has 0 radical (unpaired) electrons. The first kappa shape index (κ1) is 19.2. The number of fused-ring (bicyclic) bond motifs is 1. The average Bonchev–Trinajstić information content (AvgIpc) is 3.21. The van der Waals surface area contributed by atoms with E-state index in [0.717, 1.165) is 28.8 Å². The van der Waals surface area contributed by atoms with Crippen molar-refractivity contribution >= 4 is 16.8 Å². The number of hydrogen-bond acceptors (Lipinski definition) is 4. The maximum Gasteiger partial charge on any atom is 0.279 e. The number of para-hydroxylation sites is 1. The van der Waals surface area contributed by atoms with Crippen molar-refractivity contribution < 1.29 is 14.4 Å². The molecular formula is C23H25N3O3. The predicted molar refractivity (Wildman–Crippen MR) is 113 cm³/mol. The number of H-pyrrole nitrogens is 1. The molecular weight excluding hydrogens is 366 g/mol.